The second-order valence-corrected chi connectivity index (χ2v) is 3.02. The van der Waals surface area contributed by atoms with E-state index in [1.165, 1.54) is 24.2 Å². The molecule has 1 aliphatic carbocycles. The first-order chi connectivity index (χ1) is 5.36. The molecule has 0 saturated carbocycles. The Morgan fingerprint density at radius 1 is 1.18 bits per heavy atom. The first-order valence-electron chi connectivity index (χ1n) is 4.10. The van der Waals surface area contributed by atoms with Gasteiger partial charge in [-0.15, -0.1) is 0 Å². The summed E-state index contributed by atoms with van der Waals surface area (Å²) in [6, 6.07) is 0. The van der Waals surface area contributed by atoms with Crippen LogP contribution in [0.15, 0.2) is 0 Å². The SMILES string of the molecule is Cc1[c]nc2c(n1)CCCC2. The maximum absolute atomic E-state index is 4.40. The van der Waals surface area contributed by atoms with E-state index in [0.29, 0.717) is 0 Å². The van der Waals surface area contributed by atoms with Gasteiger partial charge >= 0.3 is 0 Å². The van der Waals surface area contributed by atoms with Crippen molar-refractivity contribution in [3.63, 3.8) is 0 Å². The molecule has 0 aromatic carbocycles. The van der Waals surface area contributed by atoms with Gasteiger partial charge in [-0.1, -0.05) is 0 Å². The number of nitrogens with zero attached hydrogens (tertiary/aromatic N) is 2. The van der Waals surface area contributed by atoms with Gasteiger partial charge in [0.15, 0.2) is 0 Å². The maximum atomic E-state index is 4.40. The number of hydrogen-bond donors (Lipinski definition) is 0. The smallest absolute Gasteiger partial charge is 0.112 e. The summed E-state index contributed by atoms with van der Waals surface area (Å²) in [6.07, 6.45) is 7.64. The van der Waals surface area contributed by atoms with E-state index in [4.69, 9.17) is 0 Å². The Labute approximate surface area is 66.7 Å². The molecule has 0 saturated heterocycles. The summed E-state index contributed by atoms with van der Waals surface area (Å²) < 4.78 is 0. The topological polar surface area (TPSA) is 25.8 Å². The van der Waals surface area contributed by atoms with Crippen LogP contribution >= 0.6 is 0 Å². The fourth-order valence-electron chi connectivity index (χ4n) is 1.49. The van der Waals surface area contributed by atoms with E-state index in [9.17, 15) is 0 Å². The van der Waals surface area contributed by atoms with Gasteiger partial charge in [-0.05, 0) is 32.6 Å². The molecule has 1 radical (unpaired) electrons. The molecule has 0 amide bonds. The molecule has 0 unspecified atom stereocenters. The average Bonchev–Trinajstić information content (AvgIpc) is 2.04. The van der Waals surface area contributed by atoms with Gasteiger partial charge in [-0.3, -0.25) is 4.98 Å². The van der Waals surface area contributed by atoms with E-state index >= 15 is 0 Å². The van der Waals surface area contributed by atoms with Crippen LogP contribution in [0.5, 0.6) is 0 Å². The van der Waals surface area contributed by atoms with Crippen molar-refractivity contribution in [2.45, 2.75) is 32.6 Å². The number of aryl methyl sites for hydroxylation is 3. The quantitative estimate of drug-likeness (QED) is 0.555. The predicted molar refractivity (Wildman–Crippen MR) is 42.2 cm³/mol. The second-order valence-electron chi connectivity index (χ2n) is 3.02. The third kappa shape index (κ3) is 1.25. The van der Waals surface area contributed by atoms with Gasteiger partial charge in [-0.25, -0.2) is 4.98 Å². The zero-order valence-electron chi connectivity index (χ0n) is 6.72. The van der Waals surface area contributed by atoms with Crippen molar-refractivity contribution < 1.29 is 0 Å². The summed E-state index contributed by atoms with van der Waals surface area (Å²) in [5.74, 6) is 0. The molecule has 2 nitrogen and oxygen atoms in total. The molecule has 1 aliphatic rings. The molecule has 0 bridgehead atoms. The van der Waals surface area contributed by atoms with Crippen LogP contribution in [-0.4, -0.2) is 9.97 Å². The normalized spacial score (nSPS) is 16.1. The Morgan fingerprint density at radius 2 is 1.91 bits per heavy atom. The Hall–Kier alpha value is -0.920. The van der Waals surface area contributed by atoms with Crippen molar-refractivity contribution in [2.75, 3.05) is 0 Å². The van der Waals surface area contributed by atoms with Gasteiger partial charge < -0.3 is 0 Å². The standard InChI is InChI=1S/C9H11N2/c1-7-6-10-8-4-2-3-5-9(8)11-7/h2-5H2,1H3. The molecular weight excluding hydrogens is 136 g/mol. The lowest BCUT2D eigenvalue weighted by Crippen LogP contribution is -2.08. The molecule has 1 aromatic rings. The molecule has 0 N–H and O–H groups in total. The molecule has 0 fully saturated rings. The summed E-state index contributed by atoms with van der Waals surface area (Å²) in [5.41, 5.74) is 3.29. The van der Waals surface area contributed by atoms with Gasteiger partial charge in [0.05, 0.1) is 17.1 Å². The second kappa shape index (κ2) is 2.61. The molecule has 57 valence electrons. The number of rotatable bonds is 0. The lowest BCUT2D eigenvalue weighted by Gasteiger charge is -2.12. The predicted octanol–water partition coefficient (Wildman–Crippen LogP) is 1.46. The third-order valence-corrected chi connectivity index (χ3v) is 2.07. The summed E-state index contributed by atoms with van der Waals surface area (Å²) in [7, 11) is 0. The van der Waals surface area contributed by atoms with Gasteiger partial charge in [0.2, 0.25) is 0 Å². The van der Waals surface area contributed by atoms with Crippen molar-refractivity contribution in [1.29, 1.82) is 0 Å². The van der Waals surface area contributed by atoms with E-state index in [0.717, 1.165) is 18.5 Å². The molecule has 1 aromatic heterocycles. The third-order valence-electron chi connectivity index (χ3n) is 2.07. The average molecular weight is 147 g/mol. The lowest BCUT2D eigenvalue weighted by molar-refractivity contribution is 0.645. The van der Waals surface area contributed by atoms with Gasteiger partial charge in [0, 0.05) is 0 Å². The first kappa shape index (κ1) is 6.77. The molecule has 0 spiro atoms. The fraction of sp³-hybridized carbons (Fsp3) is 0.556. The van der Waals surface area contributed by atoms with Crippen molar-refractivity contribution in [3.8, 4) is 0 Å². The summed E-state index contributed by atoms with van der Waals surface area (Å²) in [6.45, 7) is 1.95. The Kier molecular flexibility index (Phi) is 1.60. The number of hydrogen-bond acceptors (Lipinski definition) is 2. The summed E-state index contributed by atoms with van der Waals surface area (Å²) in [5, 5.41) is 0. The number of aromatic nitrogens is 2. The van der Waals surface area contributed by atoms with Crippen molar-refractivity contribution in [2.24, 2.45) is 0 Å². The van der Waals surface area contributed by atoms with Crippen LogP contribution in [0.25, 0.3) is 0 Å². The zero-order chi connectivity index (χ0) is 7.68. The molecule has 11 heavy (non-hydrogen) atoms. The van der Waals surface area contributed by atoms with Crippen molar-refractivity contribution in [3.05, 3.63) is 23.3 Å². The van der Waals surface area contributed by atoms with E-state index in [1.54, 1.807) is 0 Å². The van der Waals surface area contributed by atoms with Crippen molar-refractivity contribution >= 4 is 0 Å². The van der Waals surface area contributed by atoms with Gasteiger partial charge in [0.25, 0.3) is 0 Å². The van der Waals surface area contributed by atoms with E-state index in [1.807, 2.05) is 6.92 Å². The minimum atomic E-state index is 0.922. The van der Waals surface area contributed by atoms with Gasteiger partial charge in [0.1, 0.15) is 6.20 Å². The lowest BCUT2D eigenvalue weighted by atomic mass is 10.0. The molecule has 2 rings (SSSR count). The van der Waals surface area contributed by atoms with E-state index in [2.05, 4.69) is 16.2 Å². The van der Waals surface area contributed by atoms with Crippen LogP contribution in [0.4, 0.5) is 0 Å². The Balaban J connectivity index is 2.43. The molecule has 0 atom stereocenters. The van der Waals surface area contributed by atoms with E-state index in [-0.39, 0.29) is 0 Å². The minimum absolute atomic E-state index is 0.922. The molecule has 0 aliphatic heterocycles. The van der Waals surface area contributed by atoms with E-state index < -0.39 is 0 Å². The monoisotopic (exact) mass is 147 g/mol. The first-order valence-corrected chi connectivity index (χ1v) is 4.10. The molecular formula is C9H11N2. The van der Waals surface area contributed by atoms with Gasteiger partial charge in [-0.2, -0.15) is 0 Å². The Morgan fingerprint density at radius 3 is 2.73 bits per heavy atom. The summed E-state index contributed by atoms with van der Waals surface area (Å²) in [4.78, 5) is 8.63. The Bertz CT molecular complexity index is 268. The van der Waals surface area contributed by atoms with Crippen LogP contribution in [-0.2, 0) is 12.8 Å². The van der Waals surface area contributed by atoms with Crippen LogP contribution in [0, 0.1) is 13.1 Å². The van der Waals surface area contributed by atoms with Crippen molar-refractivity contribution in [1.82, 2.24) is 9.97 Å². The summed E-state index contributed by atoms with van der Waals surface area (Å²) >= 11 is 0. The molecule has 1 heterocycles. The van der Waals surface area contributed by atoms with Crippen LogP contribution in [0.2, 0.25) is 0 Å². The minimum Gasteiger partial charge on any atom is -0.254 e. The highest BCUT2D eigenvalue weighted by molar-refractivity contribution is 5.15. The highest BCUT2D eigenvalue weighted by Gasteiger charge is 2.10. The number of fused-ring (bicyclic) bond motifs is 1. The highest BCUT2D eigenvalue weighted by atomic mass is 14.8. The zero-order valence-corrected chi connectivity index (χ0v) is 6.72. The highest BCUT2D eigenvalue weighted by Crippen LogP contribution is 2.16. The molecule has 2 heteroatoms. The fourth-order valence-corrected chi connectivity index (χ4v) is 1.49. The van der Waals surface area contributed by atoms with Crippen LogP contribution in [0.1, 0.15) is 29.9 Å². The largest absolute Gasteiger partial charge is 0.254 e. The maximum Gasteiger partial charge on any atom is 0.112 e. The van der Waals surface area contributed by atoms with Crippen LogP contribution < -0.4 is 0 Å². The van der Waals surface area contributed by atoms with Crippen LogP contribution in [0.3, 0.4) is 0 Å².